The van der Waals surface area contributed by atoms with Crippen LogP contribution in [0.4, 0.5) is 0 Å². The number of Topliss-reactive ketones (excluding diaryl/α,β-unsaturated/α-hetero) is 1. The van der Waals surface area contributed by atoms with E-state index in [1.807, 2.05) is 37.3 Å². The predicted molar refractivity (Wildman–Crippen MR) is 131 cm³/mol. The third kappa shape index (κ3) is 4.29. The lowest BCUT2D eigenvalue weighted by Crippen LogP contribution is -2.50. The van der Waals surface area contributed by atoms with Crippen LogP contribution in [0.2, 0.25) is 0 Å². The first kappa shape index (κ1) is 23.1. The topological polar surface area (TPSA) is 89.9 Å². The van der Waals surface area contributed by atoms with Gasteiger partial charge in [-0.3, -0.25) is 14.4 Å². The molecule has 0 aromatic heterocycles. The lowest BCUT2D eigenvalue weighted by atomic mass is 9.55. The molecule has 0 aliphatic heterocycles. The van der Waals surface area contributed by atoms with Gasteiger partial charge in [0.25, 0.3) is 0 Å². The highest BCUT2D eigenvalue weighted by Gasteiger charge is 2.57. The Hall–Kier alpha value is -3.67. The van der Waals surface area contributed by atoms with Crippen LogP contribution in [0.1, 0.15) is 48.3 Å². The van der Waals surface area contributed by atoms with Crippen molar-refractivity contribution in [3.63, 3.8) is 0 Å². The van der Waals surface area contributed by atoms with Gasteiger partial charge >= 0.3 is 11.9 Å². The highest BCUT2D eigenvalue weighted by Crippen LogP contribution is 2.55. The van der Waals surface area contributed by atoms with E-state index in [0.717, 1.165) is 12.0 Å². The fraction of sp³-hybridized carbons (Fsp3) is 0.345. The molecule has 3 aliphatic rings. The molecule has 180 valence electrons. The van der Waals surface area contributed by atoms with Gasteiger partial charge in [0.15, 0.2) is 0 Å². The van der Waals surface area contributed by atoms with Gasteiger partial charge in [0.1, 0.15) is 11.5 Å². The van der Waals surface area contributed by atoms with E-state index in [-0.39, 0.29) is 18.8 Å². The number of aliphatic carboxylic acids is 1. The molecule has 0 saturated heterocycles. The molecule has 4 unspecified atom stereocenters. The summed E-state index contributed by atoms with van der Waals surface area (Å²) in [5, 5.41) is 12.3. The Labute approximate surface area is 203 Å². The Kier molecular flexibility index (Phi) is 6.29. The van der Waals surface area contributed by atoms with E-state index >= 15 is 0 Å². The largest absolute Gasteiger partial charge is 0.493 e. The Morgan fingerprint density at radius 1 is 0.943 bits per heavy atom. The summed E-state index contributed by atoms with van der Waals surface area (Å²) in [7, 11) is 0. The van der Waals surface area contributed by atoms with Crippen LogP contribution >= 0.6 is 0 Å². The number of esters is 1. The summed E-state index contributed by atoms with van der Waals surface area (Å²) in [6.45, 7) is 2.54. The van der Waals surface area contributed by atoms with E-state index in [1.165, 1.54) is 16.3 Å². The molecule has 0 spiro atoms. The van der Waals surface area contributed by atoms with Crippen molar-refractivity contribution in [2.45, 2.75) is 38.0 Å². The van der Waals surface area contributed by atoms with Crippen LogP contribution in [0.25, 0.3) is 10.8 Å². The molecule has 6 nitrogen and oxygen atoms in total. The molecule has 0 amide bonds. The Bertz CT molecular complexity index is 1300. The van der Waals surface area contributed by atoms with E-state index in [4.69, 9.17) is 9.47 Å². The van der Waals surface area contributed by atoms with Gasteiger partial charge in [-0.25, -0.2) is 0 Å². The number of fused-ring (bicyclic) bond motifs is 3. The third-order valence-corrected chi connectivity index (χ3v) is 7.22. The van der Waals surface area contributed by atoms with Crippen molar-refractivity contribution in [2.24, 2.45) is 11.8 Å². The van der Waals surface area contributed by atoms with Crippen LogP contribution in [-0.2, 0) is 25.5 Å². The van der Waals surface area contributed by atoms with Crippen molar-refractivity contribution in [3.8, 4) is 5.75 Å². The predicted octanol–water partition coefficient (Wildman–Crippen LogP) is 4.89. The molecule has 1 N–H and O–H groups in total. The number of ether oxygens (including phenoxy) is 2. The second-order valence-electron chi connectivity index (χ2n) is 9.38. The fourth-order valence-corrected chi connectivity index (χ4v) is 5.64. The number of benzene rings is 3. The number of carbonyl (C=O) groups is 3. The molecule has 0 radical (unpaired) electrons. The standard InChI is InChI=1S/C29H28O6/c1-2-12-35-29(33)27-25-22-15-20(9-10-21(22)23(16-24(25)30)26(27)28(31)32)34-13-11-17-7-8-18-5-3-4-6-19(18)14-17/h3-10,14-15,23,25-27H,2,11-13,16H2,1H3,(H,31,32). The zero-order valence-corrected chi connectivity index (χ0v) is 19.6. The average Bonchev–Trinajstić information content (AvgIpc) is 2.86. The molecule has 6 rings (SSSR count). The molecule has 3 aromatic rings. The molecular formula is C29H28O6. The quantitative estimate of drug-likeness (QED) is 0.470. The number of rotatable bonds is 8. The maximum absolute atomic E-state index is 13.0. The molecule has 4 atom stereocenters. The first-order valence-corrected chi connectivity index (χ1v) is 12.1. The zero-order valence-electron chi connectivity index (χ0n) is 19.6. The van der Waals surface area contributed by atoms with Crippen LogP contribution in [0.5, 0.6) is 5.75 Å². The van der Waals surface area contributed by atoms with Crippen LogP contribution in [0.3, 0.4) is 0 Å². The molecule has 0 heterocycles. The molecular weight excluding hydrogens is 444 g/mol. The number of carboxylic acid groups (broad SMARTS) is 1. The third-order valence-electron chi connectivity index (χ3n) is 7.22. The highest BCUT2D eigenvalue weighted by atomic mass is 16.5. The lowest BCUT2D eigenvalue weighted by Gasteiger charge is -2.45. The summed E-state index contributed by atoms with van der Waals surface area (Å²) in [6.07, 6.45) is 1.48. The zero-order chi connectivity index (χ0) is 24.5. The first-order chi connectivity index (χ1) is 17.0. The Balaban J connectivity index is 1.36. The second-order valence-corrected chi connectivity index (χ2v) is 9.38. The van der Waals surface area contributed by atoms with Gasteiger partial charge in [-0.2, -0.15) is 0 Å². The van der Waals surface area contributed by atoms with E-state index in [0.29, 0.717) is 24.3 Å². The number of carboxylic acids is 1. The number of carbonyl (C=O) groups excluding carboxylic acids is 2. The monoisotopic (exact) mass is 472 g/mol. The van der Waals surface area contributed by atoms with Crippen LogP contribution in [-0.4, -0.2) is 36.0 Å². The molecule has 6 heteroatoms. The normalized spacial score (nSPS) is 22.6. The summed E-state index contributed by atoms with van der Waals surface area (Å²) >= 11 is 0. The van der Waals surface area contributed by atoms with Gasteiger partial charge < -0.3 is 14.6 Å². The van der Waals surface area contributed by atoms with Gasteiger partial charge in [0.2, 0.25) is 0 Å². The minimum absolute atomic E-state index is 0.105. The van der Waals surface area contributed by atoms with Crippen molar-refractivity contribution >= 4 is 28.5 Å². The fourth-order valence-electron chi connectivity index (χ4n) is 5.64. The van der Waals surface area contributed by atoms with Crippen molar-refractivity contribution in [3.05, 3.63) is 77.4 Å². The first-order valence-electron chi connectivity index (χ1n) is 12.1. The number of ketones is 1. The minimum Gasteiger partial charge on any atom is -0.493 e. The van der Waals surface area contributed by atoms with Crippen LogP contribution in [0, 0.1) is 11.8 Å². The van der Waals surface area contributed by atoms with Crippen LogP contribution < -0.4 is 4.74 Å². The van der Waals surface area contributed by atoms with Crippen molar-refractivity contribution < 1.29 is 29.0 Å². The maximum atomic E-state index is 13.0. The van der Waals surface area contributed by atoms with Gasteiger partial charge in [-0.05, 0) is 46.0 Å². The summed E-state index contributed by atoms with van der Waals surface area (Å²) in [6, 6.07) is 20.0. The van der Waals surface area contributed by atoms with E-state index in [1.54, 1.807) is 0 Å². The summed E-state index contributed by atoms with van der Waals surface area (Å²) in [4.78, 5) is 37.9. The van der Waals surface area contributed by atoms with Crippen molar-refractivity contribution in [1.82, 2.24) is 0 Å². The summed E-state index contributed by atoms with van der Waals surface area (Å²) < 4.78 is 11.3. The Morgan fingerprint density at radius 3 is 2.51 bits per heavy atom. The SMILES string of the molecule is CCCOC(=O)C1C2C(=O)CC(c3ccc(OCCc4ccc5ccccc5c4)cc32)C1C(=O)O. The van der Waals surface area contributed by atoms with Crippen LogP contribution in [0.15, 0.2) is 60.7 Å². The van der Waals surface area contributed by atoms with Gasteiger partial charge in [-0.1, -0.05) is 55.5 Å². The maximum Gasteiger partial charge on any atom is 0.310 e. The Morgan fingerprint density at radius 2 is 1.74 bits per heavy atom. The van der Waals surface area contributed by atoms with E-state index in [9.17, 15) is 19.5 Å². The molecule has 1 saturated carbocycles. The van der Waals surface area contributed by atoms with Crippen molar-refractivity contribution in [2.75, 3.05) is 13.2 Å². The van der Waals surface area contributed by atoms with E-state index < -0.39 is 35.6 Å². The number of hydrogen-bond acceptors (Lipinski definition) is 5. The molecule has 1 fully saturated rings. The van der Waals surface area contributed by atoms with Gasteiger partial charge in [0.05, 0.1) is 31.0 Å². The van der Waals surface area contributed by atoms with Gasteiger partial charge in [0, 0.05) is 18.8 Å². The van der Waals surface area contributed by atoms with Crippen molar-refractivity contribution in [1.29, 1.82) is 0 Å². The van der Waals surface area contributed by atoms with E-state index in [2.05, 4.69) is 30.3 Å². The lowest BCUT2D eigenvalue weighted by molar-refractivity contribution is -0.164. The molecule has 3 aromatic carbocycles. The highest BCUT2D eigenvalue weighted by molar-refractivity contribution is 5.99. The molecule has 3 aliphatic carbocycles. The smallest absolute Gasteiger partial charge is 0.310 e. The second kappa shape index (κ2) is 9.53. The molecule has 2 bridgehead atoms. The van der Waals surface area contributed by atoms with Gasteiger partial charge in [-0.15, -0.1) is 0 Å². The molecule has 35 heavy (non-hydrogen) atoms. The minimum atomic E-state index is -1.06. The summed E-state index contributed by atoms with van der Waals surface area (Å²) in [5.74, 6) is -4.48. The number of hydrogen-bond donors (Lipinski definition) is 1. The average molecular weight is 473 g/mol. The summed E-state index contributed by atoms with van der Waals surface area (Å²) in [5.41, 5.74) is 2.69.